The molecule has 1 atom stereocenters. The van der Waals surface area contributed by atoms with Gasteiger partial charge in [0.1, 0.15) is 11.4 Å². The van der Waals surface area contributed by atoms with Crippen LogP contribution >= 0.6 is 11.6 Å². The third-order valence-corrected chi connectivity index (χ3v) is 2.82. The number of hydrogen-bond donors (Lipinski definition) is 0. The number of ether oxygens (including phenoxy) is 1. The highest BCUT2D eigenvalue weighted by molar-refractivity contribution is 6.21. The SMILES string of the molecule is COCC(Cl)CN(C)C(=O)c1ccc(F)cc1[N+](=O)[O-]. The van der Waals surface area contributed by atoms with E-state index in [2.05, 4.69) is 0 Å². The normalized spacial score (nSPS) is 12.0. The number of nitro benzene ring substituents is 1. The molecule has 1 rings (SSSR count). The largest absolute Gasteiger partial charge is 0.383 e. The van der Waals surface area contributed by atoms with Crippen LogP contribution in [0.15, 0.2) is 18.2 Å². The third kappa shape index (κ3) is 4.14. The molecule has 1 amide bonds. The van der Waals surface area contributed by atoms with Crippen molar-refractivity contribution in [2.24, 2.45) is 0 Å². The van der Waals surface area contributed by atoms with E-state index in [0.717, 1.165) is 12.1 Å². The Balaban J connectivity index is 2.94. The first-order valence-electron chi connectivity index (χ1n) is 5.69. The van der Waals surface area contributed by atoms with Crippen molar-refractivity contribution in [1.82, 2.24) is 4.90 Å². The van der Waals surface area contributed by atoms with Gasteiger partial charge < -0.3 is 9.64 Å². The lowest BCUT2D eigenvalue weighted by Gasteiger charge is -2.20. The number of methoxy groups -OCH3 is 1. The summed E-state index contributed by atoms with van der Waals surface area (Å²) in [5.41, 5.74) is -0.750. The second-order valence-corrected chi connectivity index (χ2v) is 4.77. The minimum absolute atomic E-state index is 0.156. The molecule has 0 fully saturated rings. The van der Waals surface area contributed by atoms with E-state index < -0.39 is 27.7 Å². The maximum atomic E-state index is 13.0. The number of amides is 1. The van der Waals surface area contributed by atoms with Crippen molar-refractivity contribution >= 4 is 23.2 Å². The molecule has 0 bridgehead atoms. The first kappa shape index (κ1) is 16.3. The molecule has 0 N–H and O–H groups in total. The van der Waals surface area contributed by atoms with Crippen LogP contribution in [0.5, 0.6) is 0 Å². The lowest BCUT2D eigenvalue weighted by molar-refractivity contribution is -0.385. The smallest absolute Gasteiger partial charge is 0.285 e. The van der Waals surface area contributed by atoms with Crippen molar-refractivity contribution in [1.29, 1.82) is 0 Å². The van der Waals surface area contributed by atoms with Crippen LogP contribution in [0.2, 0.25) is 0 Å². The number of carbonyl (C=O) groups is 1. The number of nitrogens with zero attached hydrogens (tertiary/aromatic N) is 2. The van der Waals surface area contributed by atoms with Crippen molar-refractivity contribution in [3.63, 3.8) is 0 Å². The second-order valence-electron chi connectivity index (χ2n) is 4.16. The molecule has 1 unspecified atom stereocenters. The Morgan fingerprint density at radius 2 is 2.25 bits per heavy atom. The number of nitro groups is 1. The van der Waals surface area contributed by atoms with Gasteiger partial charge in [-0.25, -0.2) is 4.39 Å². The van der Waals surface area contributed by atoms with E-state index in [1.807, 2.05) is 0 Å². The highest BCUT2D eigenvalue weighted by Gasteiger charge is 2.24. The molecular formula is C12H14ClFN2O4. The summed E-state index contributed by atoms with van der Waals surface area (Å²) in [5.74, 6) is -1.37. The quantitative estimate of drug-likeness (QED) is 0.458. The fourth-order valence-electron chi connectivity index (χ4n) is 1.66. The van der Waals surface area contributed by atoms with Crippen LogP contribution < -0.4 is 0 Å². The number of halogens is 2. The first-order valence-corrected chi connectivity index (χ1v) is 6.13. The summed E-state index contributed by atoms with van der Waals surface area (Å²) in [4.78, 5) is 23.4. The predicted octanol–water partition coefficient (Wildman–Crippen LogP) is 2.06. The van der Waals surface area contributed by atoms with Gasteiger partial charge in [-0.3, -0.25) is 14.9 Å². The standard InChI is InChI=1S/C12H14ClFN2O4/c1-15(6-8(13)7-20-2)12(17)10-4-3-9(14)5-11(10)16(18)19/h3-5,8H,6-7H2,1-2H3. The molecule has 0 aromatic heterocycles. The Bertz CT molecular complexity index is 512. The summed E-state index contributed by atoms with van der Waals surface area (Å²) in [6, 6.07) is 2.81. The molecule has 0 saturated carbocycles. The van der Waals surface area contributed by atoms with Gasteiger partial charge in [0.2, 0.25) is 0 Å². The Kier molecular flexibility index (Phi) is 5.84. The summed E-state index contributed by atoms with van der Waals surface area (Å²) in [6.07, 6.45) is 0. The zero-order chi connectivity index (χ0) is 15.3. The van der Waals surface area contributed by atoms with Gasteiger partial charge in [-0.05, 0) is 12.1 Å². The van der Waals surface area contributed by atoms with Crippen LogP contribution in [-0.2, 0) is 4.74 Å². The van der Waals surface area contributed by atoms with Crippen molar-refractivity contribution in [2.45, 2.75) is 5.38 Å². The van der Waals surface area contributed by atoms with Gasteiger partial charge in [0.05, 0.1) is 23.0 Å². The van der Waals surface area contributed by atoms with Gasteiger partial charge >= 0.3 is 0 Å². The summed E-state index contributed by atoms with van der Waals surface area (Å²) in [6.45, 7) is 0.396. The molecule has 1 aromatic rings. The minimum atomic E-state index is -0.794. The summed E-state index contributed by atoms with van der Waals surface area (Å²) >= 11 is 5.92. The maximum Gasteiger partial charge on any atom is 0.285 e. The molecule has 0 aliphatic heterocycles. The van der Waals surface area contributed by atoms with Crippen LogP contribution in [0.1, 0.15) is 10.4 Å². The van der Waals surface area contributed by atoms with Gasteiger partial charge in [-0.2, -0.15) is 0 Å². The number of alkyl halides is 1. The molecule has 20 heavy (non-hydrogen) atoms. The third-order valence-electron chi connectivity index (χ3n) is 2.55. The number of carbonyl (C=O) groups excluding carboxylic acids is 1. The molecule has 8 heteroatoms. The topological polar surface area (TPSA) is 72.7 Å². The van der Waals surface area contributed by atoms with E-state index in [9.17, 15) is 19.3 Å². The first-order chi connectivity index (χ1) is 9.36. The van der Waals surface area contributed by atoms with Crippen LogP contribution in [-0.4, -0.2) is 48.4 Å². The highest BCUT2D eigenvalue weighted by atomic mass is 35.5. The average molecular weight is 305 g/mol. The molecule has 0 radical (unpaired) electrons. The maximum absolute atomic E-state index is 13.0. The molecule has 0 saturated heterocycles. The van der Waals surface area contributed by atoms with Crippen molar-refractivity contribution in [3.8, 4) is 0 Å². The van der Waals surface area contributed by atoms with Crippen LogP contribution in [0.3, 0.4) is 0 Å². The van der Waals surface area contributed by atoms with E-state index in [1.54, 1.807) is 0 Å². The summed E-state index contributed by atoms with van der Waals surface area (Å²) in [5, 5.41) is 10.4. The molecule has 0 aliphatic carbocycles. The van der Waals surface area contributed by atoms with E-state index in [4.69, 9.17) is 16.3 Å². The van der Waals surface area contributed by atoms with Gasteiger partial charge in [0.25, 0.3) is 11.6 Å². The number of benzene rings is 1. The van der Waals surface area contributed by atoms with Crippen molar-refractivity contribution < 1.29 is 18.8 Å². The zero-order valence-corrected chi connectivity index (χ0v) is 11.8. The minimum Gasteiger partial charge on any atom is -0.383 e. The lowest BCUT2D eigenvalue weighted by Crippen LogP contribution is -2.34. The zero-order valence-electron chi connectivity index (χ0n) is 11.0. The lowest BCUT2D eigenvalue weighted by atomic mass is 10.1. The summed E-state index contributed by atoms with van der Waals surface area (Å²) in [7, 11) is 2.93. The highest BCUT2D eigenvalue weighted by Crippen LogP contribution is 2.21. The molecular weight excluding hydrogens is 291 g/mol. The van der Waals surface area contributed by atoms with E-state index in [0.29, 0.717) is 6.07 Å². The fraction of sp³-hybridized carbons (Fsp3) is 0.417. The van der Waals surface area contributed by atoms with E-state index >= 15 is 0 Å². The predicted molar refractivity (Wildman–Crippen MR) is 71.5 cm³/mol. The van der Waals surface area contributed by atoms with Gasteiger partial charge in [-0.15, -0.1) is 11.6 Å². The van der Waals surface area contributed by atoms with E-state index in [-0.39, 0.29) is 18.7 Å². The fourth-order valence-corrected chi connectivity index (χ4v) is 1.99. The Labute approximate surface area is 120 Å². The number of rotatable bonds is 6. The van der Waals surface area contributed by atoms with Gasteiger partial charge in [-0.1, -0.05) is 0 Å². The second kappa shape index (κ2) is 7.16. The monoisotopic (exact) mass is 304 g/mol. The van der Waals surface area contributed by atoms with Crippen LogP contribution in [0, 0.1) is 15.9 Å². The molecule has 1 aromatic carbocycles. The average Bonchev–Trinajstić information content (AvgIpc) is 2.37. The molecule has 0 aliphatic rings. The van der Waals surface area contributed by atoms with E-state index in [1.165, 1.54) is 19.1 Å². The van der Waals surface area contributed by atoms with Gasteiger partial charge in [0, 0.05) is 20.7 Å². The van der Waals surface area contributed by atoms with Crippen LogP contribution in [0.25, 0.3) is 0 Å². The molecule has 110 valence electrons. The molecule has 0 spiro atoms. The summed E-state index contributed by atoms with van der Waals surface area (Å²) < 4.78 is 17.9. The number of hydrogen-bond acceptors (Lipinski definition) is 4. The van der Waals surface area contributed by atoms with Crippen molar-refractivity contribution in [3.05, 3.63) is 39.7 Å². The Hall–Kier alpha value is -1.73. The Morgan fingerprint density at radius 1 is 1.60 bits per heavy atom. The Morgan fingerprint density at radius 3 is 2.80 bits per heavy atom. The molecule has 6 nitrogen and oxygen atoms in total. The molecule has 0 heterocycles. The van der Waals surface area contributed by atoms with Crippen LogP contribution in [0.4, 0.5) is 10.1 Å². The van der Waals surface area contributed by atoms with Crippen molar-refractivity contribution in [2.75, 3.05) is 27.3 Å². The van der Waals surface area contributed by atoms with Gasteiger partial charge in [0.15, 0.2) is 0 Å².